The number of ether oxygens (including phenoxy) is 3. The van der Waals surface area contributed by atoms with Gasteiger partial charge in [-0.05, 0) is 82.9 Å². The Kier molecular flexibility index (Phi) is 12.0. The number of carbonyl (C=O) groups is 3. The van der Waals surface area contributed by atoms with Gasteiger partial charge in [-0.2, -0.15) is 0 Å². The molecule has 0 saturated carbocycles. The lowest BCUT2D eigenvalue weighted by molar-refractivity contribution is -0.105. The van der Waals surface area contributed by atoms with Crippen molar-refractivity contribution < 1.29 is 33.7 Å². The number of nitrogens with one attached hydrogen (secondary N) is 3. The predicted octanol–water partition coefficient (Wildman–Crippen LogP) is 6.35. The number of aromatic nitrogens is 2. The van der Waals surface area contributed by atoms with Gasteiger partial charge in [-0.1, -0.05) is 24.6 Å². The van der Waals surface area contributed by atoms with Crippen LogP contribution in [0.4, 0.5) is 16.2 Å². The van der Waals surface area contributed by atoms with Crippen LogP contribution in [0, 0.1) is 6.92 Å². The number of aliphatic hydroxyl groups is 1. The van der Waals surface area contributed by atoms with Crippen molar-refractivity contribution in [1.29, 1.82) is 0 Å². The summed E-state index contributed by atoms with van der Waals surface area (Å²) in [5.74, 6) is 0.995. The Bertz CT molecular complexity index is 1740. The summed E-state index contributed by atoms with van der Waals surface area (Å²) in [5, 5.41) is 14.4. The molecular formula is C36H45N5O7. The van der Waals surface area contributed by atoms with E-state index in [4.69, 9.17) is 24.3 Å². The molecule has 48 heavy (non-hydrogen) atoms. The van der Waals surface area contributed by atoms with E-state index in [9.17, 15) is 14.4 Å². The number of nitrogens with zero attached hydrogens (tertiary/aromatic N) is 2. The molecular weight excluding hydrogens is 614 g/mol. The van der Waals surface area contributed by atoms with E-state index in [1.54, 1.807) is 40.0 Å². The molecule has 3 amide bonds. The molecule has 0 saturated heterocycles. The minimum Gasteiger partial charge on any atom is -0.494 e. The number of benzene rings is 3. The van der Waals surface area contributed by atoms with Gasteiger partial charge in [0, 0.05) is 24.8 Å². The van der Waals surface area contributed by atoms with Crippen LogP contribution in [0.1, 0.15) is 68.2 Å². The molecule has 1 heterocycles. The van der Waals surface area contributed by atoms with Gasteiger partial charge in [0.05, 0.1) is 48.2 Å². The Hall–Kier alpha value is -5.10. The van der Waals surface area contributed by atoms with Crippen molar-refractivity contribution in [2.45, 2.75) is 65.5 Å². The zero-order chi connectivity index (χ0) is 34.8. The van der Waals surface area contributed by atoms with Gasteiger partial charge in [0.1, 0.15) is 17.2 Å². The number of rotatable bonds is 15. The van der Waals surface area contributed by atoms with Crippen LogP contribution >= 0.6 is 0 Å². The first kappa shape index (κ1) is 35.7. The van der Waals surface area contributed by atoms with Gasteiger partial charge in [0.2, 0.25) is 6.41 Å². The maximum atomic E-state index is 14.0. The van der Waals surface area contributed by atoms with Crippen LogP contribution in [-0.4, -0.2) is 66.5 Å². The van der Waals surface area contributed by atoms with Gasteiger partial charge in [0.15, 0.2) is 5.75 Å². The van der Waals surface area contributed by atoms with E-state index < -0.39 is 11.7 Å². The Morgan fingerprint density at radius 2 is 1.81 bits per heavy atom. The Labute approximate surface area is 280 Å². The molecule has 0 radical (unpaired) electrons. The molecule has 4 N–H and O–H groups in total. The third kappa shape index (κ3) is 8.82. The second-order valence-electron chi connectivity index (χ2n) is 12.4. The highest BCUT2D eigenvalue weighted by Gasteiger charge is 2.26. The largest absolute Gasteiger partial charge is 0.494 e. The minimum absolute atomic E-state index is 0.117. The lowest BCUT2D eigenvalue weighted by Gasteiger charge is -2.24. The first-order valence-corrected chi connectivity index (χ1v) is 16.0. The predicted molar refractivity (Wildman–Crippen MR) is 186 cm³/mol. The molecule has 3 aromatic carbocycles. The molecule has 0 atom stereocenters. The average molecular weight is 660 g/mol. The fraction of sp³-hybridized carbons (Fsp3) is 0.389. The maximum Gasteiger partial charge on any atom is 0.408 e. The van der Waals surface area contributed by atoms with Crippen LogP contribution in [-0.2, 0) is 16.1 Å². The SMILES string of the molecule is COc1c(-c2cccc3[nH]c(CNC(=O)OC(C)(C)C)nc23)ccc(C(=O)N(C)c2ccc(C)cc2OCCCCCCO)c1NC=O. The van der Waals surface area contributed by atoms with E-state index in [1.807, 2.05) is 43.3 Å². The van der Waals surface area contributed by atoms with E-state index in [-0.39, 0.29) is 36.1 Å². The number of alkyl carbamates (subject to hydrolysis) is 1. The monoisotopic (exact) mass is 659 g/mol. The summed E-state index contributed by atoms with van der Waals surface area (Å²) in [6, 6.07) is 14.6. The van der Waals surface area contributed by atoms with Crippen LogP contribution in [0.25, 0.3) is 22.2 Å². The van der Waals surface area contributed by atoms with Gasteiger partial charge < -0.3 is 39.8 Å². The zero-order valence-corrected chi connectivity index (χ0v) is 28.4. The van der Waals surface area contributed by atoms with Crippen molar-refractivity contribution in [3.8, 4) is 22.6 Å². The number of aryl methyl sites for hydroxylation is 1. The highest BCUT2D eigenvalue weighted by atomic mass is 16.6. The van der Waals surface area contributed by atoms with Crippen LogP contribution in [0.5, 0.6) is 11.5 Å². The fourth-order valence-electron chi connectivity index (χ4n) is 5.30. The minimum atomic E-state index is -0.630. The van der Waals surface area contributed by atoms with Gasteiger partial charge in [-0.3, -0.25) is 9.59 Å². The summed E-state index contributed by atoms with van der Waals surface area (Å²) in [7, 11) is 3.13. The average Bonchev–Trinajstić information content (AvgIpc) is 3.47. The van der Waals surface area contributed by atoms with Crippen LogP contribution in [0.15, 0.2) is 48.5 Å². The van der Waals surface area contributed by atoms with Gasteiger partial charge >= 0.3 is 6.09 Å². The van der Waals surface area contributed by atoms with E-state index in [2.05, 4.69) is 15.6 Å². The highest BCUT2D eigenvalue weighted by Crippen LogP contribution is 2.42. The molecule has 4 aromatic rings. The van der Waals surface area contributed by atoms with Gasteiger partial charge in [-0.25, -0.2) is 9.78 Å². The summed E-state index contributed by atoms with van der Waals surface area (Å²) in [6.07, 6.45) is 3.38. The molecule has 12 heteroatoms. The van der Waals surface area contributed by atoms with Crippen molar-refractivity contribution in [3.63, 3.8) is 0 Å². The molecule has 0 aliphatic heterocycles. The fourth-order valence-corrected chi connectivity index (χ4v) is 5.30. The van der Waals surface area contributed by atoms with Crippen LogP contribution < -0.4 is 25.0 Å². The Balaban J connectivity index is 1.65. The molecule has 1 aromatic heterocycles. The number of unbranched alkanes of at least 4 members (excludes halogenated alkanes) is 3. The maximum absolute atomic E-state index is 14.0. The quantitative estimate of drug-likeness (QED) is 0.0851. The summed E-state index contributed by atoms with van der Waals surface area (Å²) >= 11 is 0. The lowest BCUT2D eigenvalue weighted by atomic mass is 9.98. The molecule has 0 spiro atoms. The summed E-state index contributed by atoms with van der Waals surface area (Å²) in [4.78, 5) is 47.5. The molecule has 4 rings (SSSR count). The second kappa shape index (κ2) is 16.1. The first-order valence-electron chi connectivity index (χ1n) is 16.0. The molecule has 0 bridgehead atoms. The molecule has 0 fully saturated rings. The third-order valence-electron chi connectivity index (χ3n) is 7.54. The third-order valence-corrected chi connectivity index (χ3v) is 7.54. The van der Waals surface area contributed by atoms with Crippen LogP contribution in [0.2, 0.25) is 0 Å². The first-order chi connectivity index (χ1) is 23.0. The van der Waals surface area contributed by atoms with Gasteiger partial charge in [0.25, 0.3) is 5.91 Å². The van der Waals surface area contributed by atoms with E-state index in [0.29, 0.717) is 46.9 Å². The smallest absolute Gasteiger partial charge is 0.408 e. The number of anilines is 2. The number of aromatic amines is 1. The van der Waals surface area contributed by atoms with Crippen LogP contribution in [0.3, 0.4) is 0 Å². The standard InChI is InChI=1S/C36H45N5O7/c1-23-14-17-28(29(20-23)47-19-10-8-7-9-18-42)41(5)34(44)26-16-15-25(33(46-6)32(26)38-22-43)24-12-11-13-27-31(24)40-30(39-27)21-37-35(45)48-36(2,3)4/h11-17,20,22,42H,7-10,18-19,21H2,1-6H3,(H,37,45)(H,38,43)(H,39,40). The van der Waals surface area contributed by atoms with Crippen molar-refractivity contribution >= 4 is 40.8 Å². The number of aliphatic hydroxyl groups excluding tert-OH is 1. The van der Waals surface area contributed by atoms with Crippen molar-refractivity contribution in [2.75, 3.05) is 37.6 Å². The highest BCUT2D eigenvalue weighted by molar-refractivity contribution is 6.13. The molecule has 256 valence electrons. The number of H-pyrrole nitrogens is 1. The number of hydrogen-bond donors (Lipinski definition) is 4. The lowest BCUT2D eigenvalue weighted by Crippen LogP contribution is -2.32. The topological polar surface area (TPSA) is 155 Å². The molecule has 0 aliphatic carbocycles. The summed E-state index contributed by atoms with van der Waals surface area (Å²) < 4.78 is 17.3. The van der Waals surface area contributed by atoms with Crippen molar-refractivity contribution in [3.05, 3.63) is 65.5 Å². The van der Waals surface area contributed by atoms with Gasteiger partial charge in [-0.15, -0.1) is 0 Å². The second-order valence-corrected chi connectivity index (χ2v) is 12.4. The number of methoxy groups -OCH3 is 1. The summed E-state index contributed by atoms with van der Waals surface area (Å²) in [6.45, 7) is 8.09. The molecule has 0 aliphatic rings. The number of hydrogen-bond acceptors (Lipinski definition) is 8. The number of amides is 3. The normalized spacial score (nSPS) is 11.2. The van der Waals surface area contributed by atoms with E-state index in [0.717, 1.165) is 36.8 Å². The summed E-state index contributed by atoms with van der Waals surface area (Å²) in [5.41, 5.74) is 3.99. The number of para-hydroxylation sites is 1. The zero-order valence-electron chi connectivity index (χ0n) is 28.4. The number of carbonyl (C=O) groups excluding carboxylic acids is 3. The van der Waals surface area contributed by atoms with Crippen molar-refractivity contribution in [1.82, 2.24) is 15.3 Å². The van der Waals surface area contributed by atoms with E-state index >= 15 is 0 Å². The molecule has 0 unspecified atom stereocenters. The number of imidazole rings is 1. The number of fused-ring (bicyclic) bond motifs is 1. The molecule has 12 nitrogen and oxygen atoms in total. The van der Waals surface area contributed by atoms with Crippen molar-refractivity contribution in [2.24, 2.45) is 0 Å². The van der Waals surface area contributed by atoms with E-state index in [1.165, 1.54) is 12.0 Å². The Morgan fingerprint density at radius 3 is 2.52 bits per heavy atom. The Morgan fingerprint density at radius 1 is 1.04 bits per heavy atom.